The molecule has 0 saturated heterocycles. The fraction of sp³-hybridized carbons (Fsp3) is 0.250. The molecule has 0 unspecified atom stereocenters. The molecule has 1 N–H and O–H groups in total. The van der Waals surface area contributed by atoms with Gasteiger partial charge >= 0.3 is 0 Å². The Kier molecular flexibility index (Phi) is 4.00. The molecular weight excluding hydrogens is 224 g/mol. The summed E-state index contributed by atoms with van der Waals surface area (Å²) in [5.74, 6) is 0.758. The molecule has 0 aliphatic heterocycles. The normalized spacial score (nSPS) is 12.2. The molecule has 0 aromatic heterocycles. The van der Waals surface area contributed by atoms with Crippen LogP contribution in [0.1, 0.15) is 29.7 Å². The van der Waals surface area contributed by atoms with Gasteiger partial charge in [-0.2, -0.15) is 0 Å². The van der Waals surface area contributed by atoms with Gasteiger partial charge in [0.05, 0.1) is 6.10 Å². The predicted octanol–water partition coefficient (Wildman–Crippen LogP) is 3.63. The minimum absolute atomic E-state index is 0.517. The molecule has 2 heteroatoms. The van der Waals surface area contributed by atoms with Crippen molar-refractivity contribution in [3.8, 4) is 5.75 Å². The molecule has 0 spiro atoms. The molecular formula is C16H18O2. The van der Waals surface area contributed by atoms with Crippen molar-refractivity contribution in [2.75, 3.05) is 0 Å². The third kappa shape index (κ3) is 3.11. The maximum Gasteiger partial charge on any atom is 0.125 e. The van der Waals surface area contributed by atoms with E-state index in [-0.39, 0.29) is 0 Å². The molecule has 2 aromatic carbocycles. The second-order valence-electron chi connectivity index (χ2n) is 4.49. The standard InChI is InChI=1S/C16H18O2/c1-12-8-9-15(13(2)17)16(10-12)18-11-14-6-4-3-5-7-14/h3-10,13,17H,11H2,1-2H3/t13-/m1/s1. The molecule has 0 heterocycles. The largest absolute Gasteiger partial charge is 0.489 e. The van der Waals surface area contributed by atoms with Gasteiger partial charge in [0.2, 0.25) is 0 Å². The molecule has 2 aromatic rings. The molecule has 2 nitrogen and oxygen atoms in total. The Morgan fingerprint density at radius 1 is 1.11 bits per heavy atom. The van der Waals surface area contributed by atoms with Crippen LogP contribution in [0.2, 0.25) is 0 Å². The monoisotopic (exact) mass is 242 g/mol. The van der Waals surface area contributed by atoms with Gasteiger partial charge in [-0.3, -0.25) is 0 Å². The van der Waals surface area contributed by atoms with Crippen molar-refractivity contribution in [3.05, 3.63) is 65.2 Å². The van der Waals surface area contributed by atoms with E-state index in [0.29, 0.717) is 6.61 Å². The Balaban J connectivity index is 2.15. The van der Waals surface area contributed by atoms with E-state index in [1.54, 1.807) is 6.92 Å². The number of rotatable bonds is 4. The van der Waals surface area contributed by atoms with Gasteiger partial charge in [0, 0.05) is 5.56 Å². The van der Waals surface area contributed by atoms with Crippen molar-refractivity contribution < 1.29 is 9.84 Å². The predicted molar refractivity (Wildman–Crippen MR) is 72.6 cm³/mol. The van der Waals surface area contributed by atoms with Crippen LogP contribution in [-0.2, 0) is 6.61 Å². The van der Waals surface area contributed by atoms with Crippen molar-refractivity contribution in [2.45, 2.75) is 26.6 Å². The smallest absolute Gasteiger partial charge is 0.125 e. The van der Waals surface area contributed by atoms with E-state index in [4.69, 9.17) is 4.74 Å². The molecule has 0 fully saturated rings. The minimum Gasteiger partial charge on any atom is -0.489 e. The fourth-order valence-corrected chi connectivity index (χ4v) is 1.85. The SMILES string of the molecule is Cc1ccc([C@@H](C)O)c(OCc2ccccc2)c1. The maximum atomic E-state index is 9.71. The zero-order chi connectivity index (χ0) is 13.0. The number of ether oxygens (including phenoxy) is 1. The van der Waals surface area contributed by atoms with E-state index in [2.05, 4.69) is 0 Å². The third-order valence-corrected chi connectivity index (χ3v) is 2.86. The second-order valence-corrected chi connectivity index (χ2v) is 4.49. The third-order valence-electron chi connectivity index (χ3n) is 2.86. The Hall–Kier alpha value is -1.80. The van der Waals surface area contributed by atoms with Crippen LogP contribution in [0.5, 0.6) is 5.75 Å². The van der Waals surface area contributed by atoms with Crippen LogP contribution in [0.15, 0.2) is 48.5 Å². The lowest BCUT2D eigenvalue weighted by atomic mass is 10.1. The van der Waals surface area contributed by atoms with Gasteiger partial charge in [0.15, 0.2) is 0 Å². The van der Waals surface area contributed by atoms with E-state index in [1.165, 1.54) is 0 Å². The summed E-state index contributed by atoms with van der Waals surface area (Å²) in [5.41, 5.74) is 3.08. The van der Waals surface area contributed by atoms with Gasteiger partial charge in [-0.05, 0) is 31.0 Å². The van der Waals surface area contributed by atoms with Gasteiger partial charge in [-0.25, -0.2) is 0 Å². The molecule has 0 bridgehead atoms. The van der Waals surface area contributed by atoms with Crippen molar-refractivity contribution in [1.82, 2.24) is 0 Å². The van der Waals surface area contributed by atoms with E-state index >= 15 is 0 Å². The average Bonchev–Trinajstić information content (AvgIpc) is 2.37. The van der Waals surface area contributed by atoms with Gasteiger partial charge in [-0.1, -0.05) is 42.5 Å². The highest BCUT2D eigenvalue weighted by Gasteiger charge is 2.09. The summed E-state index contributed by atoms with van der Waals surface area (Å²) in [6.45, 7) is 4.28. The summed E-state index contributed by atoms with van der Waals surface area (Å²) >= 11 is 0. The van der Waals surface area contributed by atoms with Crippen molar-refractivity contribution in [2.24, 2.45) is 0 Å². The Morgan fingerprint density at radius 3 is 2.50 bits per heavy atom. The Morgan fingerprint density at radius 2 is 1.83 bits per heavy atom. The summed E-state index contributed by atoms with van der Waals surface area (Å²) < 4.78 is 5.81. The molecule has 0 amide bonds. The first-order valence-corrected chi connectivity index (χ1v) is 6.12. The molecule has 1 atom stereocenters. The minimum atomic E-state index is -0.517. The molecule has 0 aliphatic rings. The molecule has 0 radical (unpaired) electrons. The van der Waals surface area contributed by atoms with Crippen LogP contribution in [0, 0.1) is 6.92 Å². The Labute approximate surface area is 108 Å². The van der Waals surface area contributed by atoms with Crippen LogP contribution < -0.4 is 4.74 Å². The highest BCUT2D eigenvalue weighted by Crippen LogP contribution is 2.26. The zero-order valence-corrected chi connectivity index (χ0v) is 10.8. The summed E-state index contributed by atoms with van der Waals surface area (Å²) in [6, 6.07) is 15.9. The number of hydrogen-bond acceptors (Lipinski definition) is 2. The Bertz CT molecular complexity index is 504. The van der Waals surface area contributed by atoms with Crippen LogP contribution in [0.3, 0.4) is 0 Å². The van der Waals surface area contributed by atoms with Crippen LogP contribution in [0.4, 0.5) is 0 Å². The van der Waals surface area contributed by atoms with E-state index < -0.39 is 6.10 Å². The van der Waals surface area contributed by atoms with E-state index in [9.17, 15) is 5.11 Å². The molecule has 0 saturated carbocycles. The van der Waals surface area contributed by atoms with E-state index in [1.807, 2.05) is 55.5 Å². The summed E-state index contributed by atoms with van der Waals surface area (Å²) in [6.07, 6.45) is -0.517. The number of aryl methyl sites for hydroxylation is 1. The second kappa shape index (κ2) is 5.69. The van der Waals surface area contributed by atoms with Gasteiger partial charge < -0.3 is 9.84 Å². The number of aliphatic hydroxyl groups excluding tert-OH is 1. The van der Waals surface area contributed by atoms with Crippen molar-refractivity contribution in [1.29, 1.82) is 0 Å². The maximum absolute atomic E-state index is 9.71. The molecule has 94 valence electrons. The number of benzene rings is 2. The summed E-state index contributed by atoms with van der Waals surface area (Å²) in [7, 11) is 0. The number of aliphatic hydroxyl groups is 1. The lowest BCUT2D eigenvalue weighted by molar-refractivity contribution is 0.190. The number of hydrogen-bond donors (Lipinski definition) is 1. The average molecular weight is 242 g/mol. The van der Waals surface area contributed by atoms with Gasteiger partial charge in [0.1, 0.15) is 12.4 Å². The zero-order valence-electron chi connectivity index (χ0n) is 10.8. The van der Waals surface area contributed by atoms with Crippen molar-refractivity contribution >= 4 is 0 Å². The van der Waals surface area contributed by atoms with E-state index in [0.717, 1.165) is 22.4 Å². The summed E-state index contributed by atoms with van der Waals surface area (Å²) in [4.78, 5) is 0. The van der Waals surface area contributed by atoms with Gasteiger partial charge in [-0.15, -0.1) is 0 Å². The highest BCUT2D eigenvalue weighted by molar-refractivity contribution is 5.38. The first kappa shape index (κ1) is 12.7. The van der Waals surface area contributed by atoms with Gasteiger partial charge in [0.25, 0.3) is 0 Å². The molecule has 18 heavy (non-hydrogen) atoms. The summed E-state index contributed by atoms with van der Waals surface area (Å²) in [5, 5.41) is 9.71. The molecule has 0 aliphatic carbocycles. The lowest BCUT2D eigenvalue weighted by Gasteiger charge is -2.14. The van der Waals surface area contributed by atoms with Crippen LogP contribution >= 0.6 is 0 Å². The first-order valence-electron chi connectivity index (χ1n) is 6.12. The highest BCUT2D eigenvalue weighted by atomic mass is 16.5. The lowest BCUT2D eigenvalue weighted by Crippen LogP contribution is -2.01. The van der Waals surface area contributed by atoms with Crippen LogP contribution in [-0.4, -0.2) is 5.11 Å². The first-order chi connectivity index (χ1) is 8.66. The topological polar surface area (TPSA) is 29.5 Å². The van der Waals surface area contributed by atoms with Crippen LogP contribution in [0.25, 0.3) is 0 Å². The fourth-order valence-electron chi connectivity index (χ4n) is 1.85. The quantitative estimate of drug-likeness (QED) is 0.887. The molecule has 2 rings (SSSR count). The van der Waals surface area contributed by atoms with Crippen molar-refractivity contribution in [3.63, 3.8) is 0 Å².